The molecule has 0 spiro atoms. The van der Waals surface area contributed by atoms with E-state index in [0.717, 1.165) is 10.9 Å². The summed E-state index contributed by atoms with van der Waals surface area (Å²) < 4.78 is 0. The van der Waals surface area contributed by atoms with Gasteiger partial charge in [-0.25, -0.2) is 4.98 Å². The molecule has 0 aliphatic heterocycles. The SMILES string of the molecule is NC(=O)/C=C/c1ccc2ccc(Cl)cc2n1. The van der Waals surface area contributed by atoms with E-state index in [4.69, 9.17) is 17.3 Å². The van der Waals surface area contributed by atoms with Crippen molar-refractivity contribution in [1.82, 2.24) is 4.98 Å². The Morgan fingerprint density at radius 1 is 1.31 bits per heavy atom. The standard InChI is InChI=1S/C12H9ClN2O/c13-9-3-1-8-2-4-10(5-6-12(14)16)15-11(8)7-9/h1-7H,(H2,14,16)/b6-5+. The number of benzene rings is 1. The molecule has 1 aromatic heterocycles. The van der Waals surface area contributed by atoms with Crippen molar-refractivity contribution in [1.29, 1.82) is 0 Å². The predicted molar refractivity (Wildman–Crippen MR) is 65.0 cm³/mol. The van der Waals surface area contributed by atoms with Gasteiger partial charge in [0.15, 0.2) is 0 Å². The number of pyridine rings is 1. The molecule has 1 amide bonds. The first kappa shape index (κ1) is 10.6. The van der Waals surface area contributed by atoms with Crippen molar-refractivity contribution in [3.8, 4) is 0 Å². The molecule has 0 unspecified atom stereocenters. The average Bonchev–Trinajstić information content (AvgIpc) is 2.25. The maximum atomic E-state index is 10.6. The molecule has 0 radical (unpaired) electrons. The van der Waals surface area contributed by atoms with Crippen LogP contribution in [0.2, 0.25) is 5.02 Å². The fraction of sp³-hybridized carbons (Fsp3) is 0. The van der Waals surface area contributed by atoms with E-state index in [9.17, 15) is 4.79 Å². The van der Waals surface area contributed by atoms with E-state index < -0.39 is 5.91 Å². The van der Waals surface area contributed by atoms with Gasteiger partial charge < -0.3 is 5.73 Å². The molecule has 1 aromatic carbocycles. The summed E-state index contributed by atoms with van der Waals surface area (Å²) >= 11 is 5.87. The van der Waals surface area contributed by atoms with Crippen molar-refractivity contribution < 1.29 is 4.79 Å². The summed E-state index contributed by atoms with van der Waals surface area (Å²) in [6.07, 6.45) is 2.85. The fourth-order valence-corrected chi connectivity index (χ4v) is 1.53. The highest BCUT2D eigenvalue weighted by Crippen LogP contribution is 2.18. The molecular weight excluding hydrogens is 224 g/mol. The second kappa shape index (κ2) is 4.33. The molecule has 1 heterocycles. The zero-order valence-corrected chi connectivity index (χ0v) is 9.11. The molecule has 80 valence electrons. The molecule has 0 saturated carbocycles. The van der Waals surface area contributed by atoms with Gasteiger partial charge in [0, 0.05) is 16.5 Å². The Hall–Kier alpha value is -1.87. The second-order valence-electron chi connectivity index (χ2n) is 3.31. The third-order valence-electron chi connectivity index (χ3n) is 2.09. The average molecular weight is 233 g/mol. The van der Waals surface area contributed by atoms with Gasteiger partial charge in [-0.15, -0.1) is 0 Å². The zero-order valence-electron chi connectivity index (χ0n) is 8.35. The molecule has 4 heteroatoms. The van der Waals surface area contributed by atoms with Crippen molar-refractivity contribution >= 4 is 34.5 Å². The van der Waals surface area contributed by atoms with Gasteiger partial charge >= 0.3 is 0 Å². The number of amides is 1. The lowest BCUT2D eigenvalue weighted by Gasteiger charge is -1.99. The van der Waals surface area contributed by atoms with Gasteiger partial charge in [-0.2, -0.15) is 0 Å². The van der Waals surface area contributed by atoms with E-state index in [-0.39, 0.29) is 0 Å². The maximum absolute atomic E-state index is 10.6. The molecule has 0 atom stereocenters. The van der Waals surface area contributed by atoms with Crippen LogP contribution >= 0.6 is 11.6 Å². The molecule has 16 heavy (non-hydrogen) atoms. The van der Waals surface area contributed by atoms with Gasteiger partial charge in [0.2, 0.25) is 5.91 Å². The summed E-state index contributed by atoms with van der Waals surface area (Å²) in [6.45, 7) is 0. The van der Waals surface area contributed by atoms with Crippen LogP contribution in [-0.2, 0) is 4.79 Å². The van der Waals surface area contributed by atoms with Crippen LogP contribution in [0.25, 0.3) is 17.0 Å². The molecule has 0 fully saturated rings. The second-order valence-corrected chi connectivity index (χ2v) is 3.75. The Labute approximate surface area is 97.5 Å². The molecule has 2 N–H and O–H groups in total. The Kier molecular flexibility index (Phi) is 2.88. The number of nitrogens with zero attached hydrogens (tertiary/aromatic N) is 1. The smallest absolute Gasteiger partial charge is 0.241 e. The van der Waals surface area contributed by atoms with E-state index in [0.29, 0.717) is 10.7 Å². The summed E-state index contributed by atoms with van der Waals surface area (Å²) in [5.41, 5.74) is 6.47. The number of carbonyl (C=O) groups is 1. The minimum absolute atomic E-state index is 0.493. The predicted octanol–water partition coefficient (Wildman–Crippen LogP) is 2.39. The summed E-state index contributed by atoms with van der Waals surface area (Å²) in [5, 5.41) is 1.64. The number of hydrogen-bond acceptors (Lipinski definition) is 2. The lowest BCUT2D eigenvalue weighted by molar-refractivity contribution is -0.113. The van der Waals surface area contributed by atoms with E-state index >= 15 is 0 Å². The first-order valence-electron chi connectivity index (χ1n) is 4.69. The number of hydrogen-bond donors (Lipinski definition) is 1. The zero-order chi connectivity index (χ0) is 11.5. The third kappa shape index (κ3) is 2.38. The van der Waals surface area contributed by atoms with Crippen molar-refractivity contribution in [2.24, 2.45) is 5.73 Å². The van der Waals surface area contributed by atoms with E-state index in [1.165, 1.54) is 6.08 Å². The maximum Gasteiger partial charge on any atom is 0.241 e. The number of nitrogens with two attached hydrogens (primary N) is 1. The summed E-state index contributed by atoms with van der Waals surface area (Å²) in [5.74, 6) is -0.493. The quantitative estimate of drug-likeness (QED) is 0.809. The number of halogens is 1. The fourth-order valence-electron chi connectivity index (χ4n) is 1.37. The first-order chi connectivity index (χ1) is 7.65. The van der Waals surface area contributed by atoms with Crippen LogP contribution in [0, 0.1) is 0 Å². The molecular formula is C12H9ClN2O. The Balaban J connectivity index is 2.46. The normalized spacial score (nSPS) is 11.1. The topological polar surface area (TPSA) is 56.0 Å². The Morgan fingerprint density at radius 2 is 2.06 bits per heavy atom. The van der Waals surface area contributed by atoms with Crippen molar-refractivity contribution in [3.05, 3.63) is 47.1 Å². The van der Waals surface area contributed by atoms with Crippen LogP contribution in [0.3, 0.4) is 0 Å². The number of rotatable bonds is 2. The third-order valence-corrected chi connectivity index (χ3v) is 2.33. The Morgan fingerprint density at radius 3 is 2.81 bits per heavy atom. The van der Waals surface area contributed by atoms with Crippen LogP contribution < -0.4 is 5.73 Å². The highest BCUT2D eigenvalue weighted by atomic mass is 35.5. The lowest BCUT2D eigenvalue weighted by atomic mass is 10.2. The molecule has 2 rings (SSSR count). The van der Waals surface area contributed by atoms with Gasteiger partial charge in [0.25, 0.3) is 0 Å². The highest BCUT2D eigenvalue weighted by molar-refractivity contribution is 6.31. The first-order valence-corrected chi connectivity index (χ1v) is 5.07. The van der Waals surface area contributed by atoms with E-state index in [2.05, 4.69) is 4.98 Å². The number of fused-ring (bicyclic) bond motifs is 1. The number of carbonyl (C=O) groups excluding carboxylic acids is 1. The molecule has 0 bridgehead atoms. The minimum atomic E-state index is -0.493. The molecule has 3 nitrogen and oxygen atoms in total. The highest BCUT2D eigenvalue weighted by Gasteiger charge is 1.97. The monoisotopic (exact) mass is 232 g/mol. The lowest BCUT2D eigenvalue weighted by Crippen LogP contribution is -2.05. The largest absolute Gasteiger partial charge is 0.366 e. The van der Waals surface area contributed by atoms with Crippen molar-refractivity contribution in [2.45, 2.75) is 0 Å². The molecule has 2 aromatic rings. The van der Waals surface area contributed by atoms with Gasteiger partial charge in [0.1, 0.15) is 0 Å². The number of primary amides is 1. The van der Waals surface area contributed by atoms with E-state index in [1.54, 1.807) is 12.1 Å². The molecule has 0 saturated heterocycles. The summed E-state index contributed by atoms with van der Waals surface area (Å²) in [7, 11) is 0. The van der Waals surface area contributed by atoms with Crippen molar-refractivity contribution in [2.75, 3.05) is 0 Å². The van der Waals surface area contributed by atoms with Crippen LogP contribution in [0.4, 0.5) is 0 Å². The molecule has 0 aliphatic rings. The Bertz CT molecular complexity index is 578. The van der Waals surface area contributed by atoms with Crippen LogP contribution in [0.5, 0.6) is 0 Å². The van der Waals surface area contributed by atoms with Gasteiger partial charge in [-0.3, -0.25) is 4.79 Å². The summed E-state index contributed by atoms with van der Waals surface area (Å²) in [6, 6.07) is 9.21. The van der Waals surface area contributed by atoms with Crippen LogP contribution in [-0.4, -0.2) is 10.9 Å². The number of aromatic nitrogens is 1. The van der Waals surface area contributed by atoms with Gasteiger partial charge in [-0.1, -0.05) is 23.7 Å². The van der Waals surface area contributed by atoms with Crippen LogP contribution in [0.15, 0.2) is 36.4 Å². The van der Waals surface area contributed by atoms with Gasteiger partial charge in [0.05, 0.1) is 11.2 Å². The van der Waals surface area contributed by atoms with Crippen molar-refractivity contribution in [3.63, 3.8) is 0 Å². The van der Waals surface area contributed by atoms with E-state index in [1.807, 2.05) is 24.3 Å². The molecule has 0 aliphatic carbocycles. The van der Waals surface area contributed by atoms with Crippen LogP contribution in [0.1, 0.15) is 5.69 Å². The minimum Gasteiger partial charge on any atom is -0.366 e. The van der Waals surface area contributed by atoms with Gasteiger partial charge in [-0.05, 0) is 24.3 Å². The summed E-state index contributed by atoms with van der Waals surface area (Å²) in [4.78, 5) is 14.9.